The number of carbonyl (C=O) groups excluding carboxylic acids is 1. The maximum atomic E-state index is 12.0. The summed E-state index contributed by atoms with van der Waals surface area (Å²) in [5.74, 6) is -1.36. The third kappa shape index (κ3) is 2.76. The van der Waals surface area contributed by atoms with E-state index in [1.165, 1.54) is 6.07 Å². The molecule has 2 heterocycles. The van der Waals surface area contributed by atoms with Crippen molar-refractivity contribution in [3.8, 4) is 0 Å². The van der Waals surface area contributed by atoms with E-state index < -0.39 is 5.97 Å². The first kappa shape index (κ1) is 12.7. The first-order valence-corrected chi connectivity index (χ1v) is 5.51. The van der Waals surface area contributed by atoms with Gasteiger partial charge in [-0.25, -0.2) is 4.79 Å². The molecule has 0 bridgehead atoms. The van der Waals surface area contributed by atoms with Gasteiger partial charge >= 0.3 is 5.97 Å². The van der Waals surface area contributed by atoms with E-state index in [1.807, 2.05) is 6.92 Å². The molecule has 0 spiro atoms. The van der Waals surface area contributed by atoms with Crippen LogP contribution in [0.3, 0.4) is 0 Å². The number of amides is 1. The summed E-state index contributed by atoms with van der Waals surface area (Å²) in [6.45, 7) is 3.57. The Hall–Kier alpha value is -2.70. The molecule has 7 nitrogen and oxygen atoms in total. The van der Waals surface area contributed by atoms with Crippen molar-refractivity contribution in [3.05, 3.63) is 40.8 Å². The van der Waals surface area contributed by atoms with Crippen LogP contribution in [0.25, 0.3) is 0 Å². The van der Waals surface area contributed by atoms with E-state index in [4.69, 9.17) is 5.11 Å². The number of rotatable bonds is 3. The zero-order valence-corrected chi connectivity index (χ0v) is 10.4. The number of carboxylic acids is 1. The van der Waals surface area contributed by atoms with Gasteiger partial charge in [0, 0.05) is 11.8 Å². The Bertz CT molecular complexity index is 648. The molecular formula is C12H12N4O3. The summed E-state index contributed by atoms with van der Waals surface area (Å²) in [5, 5.41) is 17.2. The zero-order chi connectivity index (χ0) is 14.0. The average molecular weight is 260 g/mol. The van der Waals surface area contributed by atoms with Gasteiger partial charge in [-0.3, -0.25) is 14.9 Å². The maximum absolute atomic E-state index is 12.0. The summed E-state index contributed by atoms with van der Waals surface area (Å²) >= 11 is 0. The number of nitrogens with one attached hydrogen (secondary N) is 2. The second kappa shape index (κ2) is 4.89. The van der Waals surface area contributed by atoms with Crippen molar-refractivity contribution in [2.75, 3.05) is 5.32 Å². The first-order chi connectivity index (χ1) is 8.97. The molecule has 3 N–H and O–H groups in total. The largest absolute Gasteiger partial charge is 0.477 e. The van der Waals surface area contributed by atoms with E-state index in [2.05, 4.69) is 20.5 Å². The molecule has 7 heteroatoms. The number of hydrogen-bond acceptors (Lipinski definition) is 4. The van der Waals surface area contributed by atoms with E-state index >= 15 is 0 Å². The van der Waals surface area contributed by atoms with E-state index in [1.54, 1.807) is 19.1 Å². The van der Waals surface area contributed by atoms with Gasteiger partial charge in [0.1, 0.15) is 5.69 Å². The number of H-pyrrole nitrogens is 1. The minimum atomic E-state index is -1.14. The third-order valence-electron chi connectivity index (χ3n) is 2.52. The highest BCUT2D eigenvalue weighted by atomic mass is 16.4. The summed E-state index contributed by atoms with van der Waals surface area (Å²) in [4.78, 5) is 26.8. The Morgan fingerprint density at radius 1 is 1.32 bits per heavy atom. The van der Waals surface area contributed by atoms with E-state index in [-0.39, 0.29) is 17.4 Å². The molecule has 0 aromatic carbocycles. The van der Waals surface area contributed by atoms with Gasteiger partial charge in [-0.05, 0) is 26.0 Å². The highest BCUT2D eigenvalue weighted by Gasteiger charge is 2.13. The van der Waals surface area contributed by atoms with Crippen LogP contribution in [-0.4, -0.2) is 32.2 Å². The van der Waals surface area contributed by atoms with Gasteiger partial charge in [0.25, 0.3) is 5.91 Å². The second-order valence-corrected chi connectivity index (χ2v) is 4.01. The van der Waals surface area contributed by atoms with Crippen LogP contribution in [-0.2, 0) is 0 Å². The Morgan fingerprint density at radius 2 is 2.05 bits per heavy atom. The van der Waals surface area contributed by atoms with Crippen molar-refractivity contribution in [1.29, 1.82) is 0 Å². The number of carbonyl (C=O) groups is 2. The summed E-state index contributed by atoms with van der Waals surface area (Å²) in [6.07, 6.45) is 0. The lowest BCUT2D eigenvalue weighted by Crippen LogP contribution is -2.14. The molecule has 19 heavy (non-hydrogen) atoms. The molecule has 98 valence electrons. The average Bonchev–Trinajstić information content (AvgIpc) is 2.77. The Labute approximate surface area is 108 Å². The first-order valence-electron chi connectivity index (χ1n) is 5.51. The lowest BCUT2D eigenvalue weighted by Gasteiger charge is -2.05. The van der Waals surface area contributed by atoms with Crippen molar-refractivity contribution in [3.63, 3.8) is 0 Å². The van der Waals surface area contributed by atoms with Crippen molar-refractivity contribution < 1.29 is 14.7 Å². The summed E-state index contributed by atoms with van der Waals surface area (Å²) in [5.41, 5.74) is 1.76. The van der Waals surface area contributed by atoms with Crippen LogP contribution in [0.4, 0.5) is 5.82 Å². The molecule has 0 unspecified atom stereocenters. The van der Waals surface area contributed by atoms with Crippen LogP contribution in [0.5, 0.6) is 0 Å². The van der Waals surface area contributed by atoms with Gasteiger partial charge in [0.05, 0.1) is 11.3 Å². The fourth-order valence-electron chi connectivity index (χ4n) is 1.61. The minimum Gasteiger partial charge on any atom is -0.477 e. The van der Waals surface area contributed by atoms with Crippen molar-refractivity contribution >= 4 is 17.7 Å². The molecule has 0 aliphatic heterocycles. The molecular weight excluding hydrogens is 248 g/mol. The predicted molar refractivity (Wildman–Crippen MR) is 67.2 cm³/mol. The predicted octanol–water partition coefficient (Wildman–Crippen LogP) is 1.37. The summed E-state index contributed by atoms with van der Waals surface area (Å²) < 4.78 is 0. The number of anilines is 1. The van der Waals surface area contributed by atoms with Crippen LogP contribution in [0.15, 0.2) is 18.2 Å². The number of carboxylic acid groups (broad SMARTS) is 1. The number of aromatic amines is 1. The highest BCUT2D eigenvalue weighted by Crippen LogP contribution is 2.11. The minimum absolute atomic E-state index is 0.0888. The quantitative estimate of drug-likeness (QED) is 0.772. The molecule has 0 atom stereocenters. The maximum Gasteiger partial charge on any atom is 0.353 e. The topological polar surface area (TPSA) is 108 Å². The lowest BCUT2D eigenvalue weighted by molar-refractivity contribution is 0.0690. The molecule has 0 saturated heterocycles. The monoisotopic (exact) mass is 260 g/mol. The van der Waals surface area contributed by atoms with E-state index in [0.717, 1.165) is 5.69 Å². The number of hydrogen-bond donors (Lipinski definition) is 3. The van der Waals surface area contributed by atoms with Gasteiger partial charge in [0.15, 0.2) is 5.82 Å². The number of aryl methyl sites for hydroxylation is 2. The van der Waals surface area contributed by atoms with Gasteiger partial charge in [-0.2, -0.15) is 5.10 Å². The van der Waals surface area contributed by atoms with Crippen molar-refractivity contribution in [2.24, 2.45) is 0 Å². The fraction of sp³-hybridized carbons (Fsp3) is 0.167. The normalized spacial score (nSPS) is 10.2. The molecule has 2 aromatic rings. The zero-order valence-electron chi connectivity index (χ0n) is 10.4. The van der Waals surface area contributed by atoms with Crippen LogP contribution in [0.1, 0.15) is 32.2 Å². The Kier molecular flexibility index (Phi) is 3.28. The molecule has 0 radical (unpaired) electrons. The Morgan fingerprint density at radius 3 is 2.63 bits per heavy atom. The highest BCUT2D eigenvalue weighted by molar-refractivity contribution is 6.04. The lowest BCUT2D eigenvalue weighted by atomic mass is 10.2. The molecule has 0 aliphatic carbocycles. The standard InChI is InChI=1S/C12H12N4O3/c1-6-3-4-8(7(2)13-6)11(17)14-10-5-9(12(18)19)15-16-10/h3-5H,1-2H3,(H,18,19)(H2,14,15,16,17). The molecule has 0 aliphatic rings. The van der Waals surface area contributed by atoms with Crippen LogP contribution in [0, 0.1) is 13.8 Å². The fourth-order valence-corrected chi connectivity index (χ4v) is 1.61. The molecule has 0 fully saturated rings. The van der Waals surface area contributed by atoms with Gasteiger partial charge in [-0.1, -0.05) is 0 Å². The van der Waals surface area contributed by atoms with Gasteiger partial charge in [-0.15, -0.1) is 0 Å². The number of pyridine rings is 1. The smallest absolute Gasteiger partial charge is 0.353 e. The van der Waals surface area contributed by atoms with Crippen molar-refractivity contribution in [2.45, 2.75) is 13.8 Å². The molecule has 2 rings (SSSR count). The van der Waals surface area contributed by atoms with E-state index in [9.17, 15) is 9.59 Å². The van der Waals surface area contributed by atoms with Crippen LogP contribution in [0.2, 0.25) is 0 Å². The van der Waals surface area contributed by atoms with Gasteiger partial charge < -0.3 is 10.4 Å². The molecule has 1 amide bonds. The van der Waals surface area contributed by atoms with Crippen molar-refractivity contribution in [1.82, 2.24) is 15.2 Å². The summed E-state index contributed by atoms with van der Waals surface area (Å²) in [7, 11) is 0. The van der Waals surface area contributed by atoms with Crippen LogP contribution >= 0.6 is 0 Å². The molecule has 2 aromatic heterocycles. The number of nitrogens with zero attached hydrogens (tertiary/aromatic N) is 2. The number of aromatic nitrogens is 3. The Balaban J connectivity index is 2.18. The van der Waals surface area contributed by atoms with Crippen LogP contribution < -0.4 is 5.32 Å². The summed E-state index contributed by atoms with van der Waals surface area (Å²) in [6, 6.07) is 4.64. The second-order valence-electron chi connectivity index (χ2n) is 4.01. The number of aromatic carboxylic acids is 1. The SMILES string of the molecule is Cc1ccc(C(=O)Nc2cc(C(=O)O)[nH]n2)c(C)n1. The van der Waals surface area contributed by atoms with Gasteiger partial charge in [0.2, 0.25) is 0 Å². The molecule has 0 saturated carbocycles. The third-order valence-corrected chi connectivity index (χ3v) is 2.52. The van der Waals surface area contributed by atoms with E-state index in [0.29, 0.717) is 11.3 Å².